The van der Waals surface area contributed by atoms with Gasteiger partial charge in [0.25, 0.3) is 5.91 Å². The number of hydrogen-bond acceptors (Lipinski definition) is 3. The second-order valence-corrected chi connectivity index (χ2v) is 7.94. The molecule has 2 N–H and O–H groups in total. The molecular formula is C18H18BrNO4S. The minimum atomic E-state index is -1.00. The molecule has 0 heterocycles. The van der Waals surface area contributed by atoms with Gasteiger partial charge in [0.2, 0.25) is 0 Å². The zero-order chi connectivity index (χ0) is 18.4. The molecule has 2 aromatic carbocycles. The van der Waals surface area contributed by atoms with E-state index in [0.29, 0.717) is 16.9 Å². The Labute approximate surface area is 157 Å². The maximum absolute atomic E-state index is 12.5. The quantitative estimate of drug-likeness (QED) is 0.715. The maximum Gasteiger partial charge on any atom is 0.305 e. The molecule has 0 aliphatic rings. The number of halogens is 1. The number of hydrogen-bond donors (Lipinski definition) is 2. The van der Waals surface area contributed by atoms with Crippen LogP contribution in [0, 0.1) is 0 Å². The van der Waals surface area contributed by atoms with Crippen molar-refractivity contribution >= 4 is 38.6 Å². The zero-order valence-corrected chi connectivity index (χ0v) is 16.0. The van der Waals surface area contributed by atoms with Gasteiger partial charge in [0.1, 0.15) is 0 Å². The van der Waals surface area contributed by atoms with Crippen molar-refractivity contribution in [2.45, 2.75) is 18.2 Å². The maximum atomic E-state index is 12.5. The first-order chi connectivity index (χ1) is 11.8. The molecule has 0 unspecified atom stereocenters. The van der Waals surface area contributed by atoms with Crippen LogP contribution in [-0.2, 0) is 21.3 Å². The number of carboxylic acids is 1. The van der Waals surface area contributed by atoms with Crippen molar-refractivity contribution in [3.8, 4) is 0 Å². The summed E-state index contributed by atoms with van der Waals surface area (Å²) < 4.78 is 12.2. The van der Waals surface area contributed by atoms with Gasteiger partial charge in [0, 0.05) is 32.8 Å². The molecule has 0 aliphatic carbocycles. The van der Waals surface area contributed by atoms with Gasteiger partial charge in [-0.15, -0.1) is 0 Å². The highest BCUT2D eigenvalue weighted by molar-refractivity contribution is 9.10. The van der Waals surface area contributed by atoms with E-state index in [2.05, 4.69) is 21.2 Å². The van der Waals surface area contributed by atoms with Crippen molar-refractivity contribution in [3.05, 3.63) is 69.7 Å². The molecule has 0 aromatic heterocycles. The Hall–Kier alpha value is -1.99. The molecule has 7 heteroatoms. The first-order valence-corrected chi connectivity index (χ1v) is 10.0. The highest BCUT2D eigenvalue weighted by Gasteiger charge is 2.19. The average molecular weight is 424 g/mol. The van der Waals surface area contributed by atoms with Crippen LogP contribution in [-0.4, -0.2) is 27.4 Å². The molecule has 2 atom stereocenters. The van der Waals surface area contributed by atoms with E-state index in [1.807, 2.05) is 6.07 Å². The Morgan fingerprint density at radius 2 is 1.88 bits per heavy atom. The SMILES string of the molecule is C[S@@](=O)Cc1cccc(C(=O)N[C@@H](CC(=O)O)c2ccc(Br)cc2)c1. The van der Waals surface area contributed by atoms with Gasteiger partial charge in [0.15, 0.2) is 0 Å². The topological polar surface area (TPSA) is 83.5 Å². The van der Waals surface area contributed by atoms with Crippen molar-refractivity contribution in [1.82, 2.24) is 5.32 Å². The summed E-state index contributed by atoms with van der Waals surface area (Å²) in [5.74, 6) is -0.993. The molecule has 5 nitrogen and oxygen atoms in total. The van der Waals surface area contributed by atoms with E-state index < -0.39 is 22.8 Å². The summed E-state index contributed by atoms with van der Waals surface area (Å²) in [5, 5.41) is 11.9. The molecule has 0 radical (unpaired) electrons. The lowest BCUT2D eigenvalue weighted by molar-refractivity contribution is -0.137. The zero-order valence-electron chi connectivity index (χ0n) is 13.6. The summed E-state index contributed by atoms with van der Waals surface area (Å²) in [6.07, 6.45) is 1.38. The second-order valence-electron chi connectivity index (χ2n) is 5.59. The Bertz CT molecular complexity index is 792. The largest absolute Gasteiger partial charge is 0.481 e. The first-order valence-electron chi connectivity index (χ1n) is 7.52. The Balaban J connectivity index is 2.20. The van der Waals surface area contributed by atoms with Crippen molar-refractivity contribution < 1.29 is 18.9 Å². The van der Waals surface area contributed by atoms with Crippen LogP contribution in [0.15, 0.2) is 53.0 Å². The standard InChI is InChI=1S/C18H18BrNO4S/c1-25(24)11-12-3-2-4-14(9-12)18(23)20-16(10-17(21)22)13-5-7-15(19)8-6-13/h2-9,16H,10-11H2,1H3,(H,20,23)(H,21,22)/t16-,25+/m0/s1. The summed E-state index contributed by atoms with van der Waals surface area (Å²) in [6.45, 7) is 0. The fraction of sp³-hybridized carbons (Fsp3) is 0.222. The number of aliphatic carboxylic acids is 1. The van der Waals surface area contributed by atoms with Gasteiger partial charge in [-0.3, -0.25) is 13.8 Å². The summed E-state index contributed by atoms with van der Waals surface area (Å²) in [5.41, 5.74) is 1.92. The number of benzene rings is 2. The van der Waals surface area contributed by atoms with E-state index in [0.717, 1.165) is 10.0 Å². The molecule has 0 spiro atoms. The molecule has 2 rings (SSSR count). The summed E-state index contributed by atoms with van der Waals surface area (Å²) >= 11 is 3.33. The molecular weight excluding hydrogens is 406 g/mol. The molecule has 0 bridgehead atoms. The third-order valence-electron chi connectivity index (χ3n) is 3.52. The van der Waals surface area contributed by atoms with Gasteiger partial charge in [0.05, 0.1) is 12.5 Å². The fourth-order valence-corrected chi connectivity index (χ4v) is 3.31. The molecule has 0 fully saturated rings. The molecule has 2 aromatic rings. The van der Waals surface area contributed by atoms with Gasteiger partial charge in [-0.25, -0.2) is 0 Å². The van der Waals surface area contributed by atoms with Crippen LogP contribution >= 0.6 is 15.9 Å². The Morgan fingerprint density at radius 1 is 1.20 bits per heavy atom. The van der Waals surface area contributed by atoms with Crippen LogP contribution in [0.5, 0.6) is 0 Å². The number of amides is 1. The number of carboxylic acid groups (broad SMARTS) is 1. The van der Waals surface area contributed by atoms with Crippen LogP contribution in [0.1, 0.15) is 33.9 Å². The van der Waals surface area contributed by atoms with E-state index in [1.165, 1.54) is 0 Å². The van der Waals surface area contributed by atoms with Crippen LogP contribution in [0.25, 0.3) is 0 Å². The van der Waals surface area contributed by atoms with Crippen molar-refractivity contribution in [2.75, 3.05) is 6.26 Å². The lowest BCUT2D eigenvalue weighted by Gasteiger charge is -2.18. The van der Waals surface area contributed by atoms with Crippen LogP contribution < -0.4 is 5.32 Å². The van der Waals surface area contributed by atoms with Crippen LogP contribution in [0.3, 0.4) is 0 Å². The minimum Gasteiger partial charge on any atom is -0.481 e. The second kappa shape index (κ2) is 8.92. The normalized spacial score (nSPS) is 13.0. The Kier molecular flexibility index (Phi) is 6.90. The molecule has 0 aliphatic heterocycles. The average Bonchev–Trinajstić information content (AvgIpc) is 2.54. The third-order valence-corrected chi connectivity index (χ3v) is 4.78. The van der Waals surface area contributed by atoms with E-state index >= 15 is 0 Å². The summed E-state index contributed by atoms with van der Waals surface area (Å²) in [6, 6.07) is 13.4. The minimum absolute atomic E-state index is 0.216. The van der Waals surface area contributed by atoms with E-state index in [1.54, 1.807) is 48.7 Å². The van der Waals surface area contributed by atoms with E-state index in [-0.39, 0.29) is 12.3 Å². The van der Waals surface area contributed by atoms with Gasteiger partial charge >= 0.3 is 5.97 Å². The van der Waals surface area contributed by atoms with E-state index in [4.69, 9.17) is 5.11 Å². The Morgan fingerprint density at radius 3 is 2.48 bits per heavy atom. The lowest BCUT2D eigenvalue weighted by Crippen LogP contribution is -2.30. The van der Waals surface area contributed by atoms with Gasteiger partial charge in [-0.1, -0.05) is 40.2 Å². The lowest BCUT2D eigenvalue weighted by atomic mass is 10.0. The smallest absolute Gasteiger partial charge is 0.305 e. The first kappa shape index (κ1) is 19.3. The third kappa shape index (κ3) is 6.10. The molecule has 132 valence electrons. The molecule has 1 amide bonds. The summed E-state index contributed by atoms with van der Waals surface area (Å²) in [7, 11) is -1.00. The van der Waals surface area contributed by atoms with Crippen molar-refractivity contribution in [3.63, 3.8) is 0 Å². The molecule has 25 heavy (non-hydrogen) atoms. The number of carbonyl (C=O) groups excluding carboxylic acids is 1. The monoisotopic (exact) mass is 423 g/mol. The fourth-order valence-electron chi connectivity index (χ4n) is 2.40. The van der Waals surface area contributed by atoms with Gasteiger partial charge in [-0.05, 0) is 35.4 Å². The number of rotatable bonds is 7. The highest BCUT2D eigenvalue weighted by atomic mass is 79.9. The van der Waals surface area contributed by atoms with Crippen LogP contribution in [0.4, 0.5) is 0 Å². The highest BCUT2D eigenvalue weighted by Crippen LogP contribution is 2.20. The van der Waals surface area contributed by atoms with Crippen molar-refractivity contribution in [1.29, 1.82) is 0 Å². The predicted octanol–water partition coefficient (Wildman–Crippen LogP) is 3.27. The van der Waals surface area contributed by atoms with Crippen LogP contribution in [0.2, 0.25) is 0 Å². The van der Waals surface area contributed by atoms with Gasteiger partial charge < -0.3 is 10.4 Å². The number of nitrogens with one attached hydrogen (secondary N) is 1. The van der Waals surface area contributed by atoms with Crippen molar-refractivity contribution in [2.24, 2.45) is 0 Å². The summed E-state index contributed by atoms with van der Waals surface area (Å²) in [4.78, 5) is 23.7. The van der Waals surface area contributed by atoms with Gasteiger partial charge in [-0.2, -0.15) is 0 Å². The molecule has 0 saturated carbocycles. The number of carbonyl (C=O) groups is 2. The molecule has 0 saturated heterocycles. The van der Waals surface area contributed by atoms with E-state index in [9.17, 15) is 13.8 Å². The predicted molar refractivity (Wildman–Crippen MR) is 101 cm³/mol.